The molecule has 8 nitrogen and oxygen atoms in total. The van der Waals surface area contributed by atoms with E-state index in [0.29, 0.717) is 12.6 Å². The maximum absolute atomic E-state index is 12.6. The van der Waals surface area contributed by atoms with E-state index < -0.39 is 0 Å². The van der Waals surface area contributed by atoms with Gasteiger partial charge in [-0.3, -0.25) is 19.2 Å². The summed E-state index contributed by atoms with van der Waals surface area (Å²) >= 11 is 0. The van der Waals surface area contributed by atoms with Gasteiger partial charge in [0.15, 0.2) is 0 Å². The fourth-order valence-electron chi connectivity index (χ4n) is 4.47. The fourth-order valence-corrected chi connectivity index (χ4v) is 4.47. The van der Waals surface area contributed by atoms with Crippen LogP contribution in [0.25, 0.3) is 0 Å². The number of likely N-dealkylation sites (tertiary alicyclic amines) is 1. The van der Waals surface area contributed by atoms with Crippen molar-refractivity contribution >= 4 is 11.6 Å². The summed E-state index contributed by atoms with van der Waals surface area (Å²) in [6, 6.07) is 3.94. The van der Waals surface area contributed by atoms with Crippen LogP contribution in [-0.4, -0.2) is 49.8 Å². The van der Waals surface area contributed by atoms with Gasteiger partial charge in [-0.15, -0.1) is 0 Å². The van der Waals surface area contributed by atoms with Crippen molar-refractivity contribution in [3.63, 3.8) is 0 Å². The average molecular weight is 384 g/mol. The van der Waals surface area contributed by atoms with Crippen LogP contribution in [0.3, 0.4) is 0 Å². The Hall–Kier alpha value is -2.48. The van der Waals surface area contributed by atoms with Crippen molar-refractivity contribution in [3.8, 4) is 0 Å². The van der Waals surface area contributed by atoms with Gasteiger partial charge < -0.3 is 5.32 Å². The molecular formula is C20H28N6O2. The van der Waals surface area contributed by atoms with Crippen LogP contribution in [0.1, 0.15) is 56.3 Å². The van der Waals surface area contributed by atoms with E-state index in [1.165, 1.54) is 17.5 Å². The molecule has 1 amide bonds. The molecule has 2 aromatic heterocycles. The Morgan fingerprint density at radius 1 is 1.21 bits per heavy atom. The molecule has 3 heterocycles. The highest BCUT2D eigenvalue weighted by atomic mass is 16.2. The minimum atomic E-state index is -0.0212. The summed E-state index contributed by atoms with van der Waals surface area (Å²) in [6.07, 6.45) is 9.70. The topological polar surface area (TPSA) is 85.1 Å². The van der Waals surface area contributed by atoms with Crippen molar-refractivity contribution in [2.75, 3.05) is 25.0 Å². The predicted molar refractivity (Wildman–Crippen MR) is 106 cm³/mol. The number of hydrogen-bond acceptors (Lipinski definition) is 5. The van der Waals surface area contributed by atoms with Gasteiger partial charge in [0.1, 0.15) is 5.82 Å². The van der Waals surface area contributed by atoms with Crippen LogP contribution in [0.5, 0.6) is 0 Å². The van der Waals surface area contributed by atoms with Crippen LogP contribution >= 0.6 is 0 Å². The molecule has 1 N–H and O–H groups in total. The maximum atomic E-state index is 12.6. The minimum absolute atomic E-state index is 0.0141. The number of piperidine rings is 1. The summed E-state index contributed by atoms with van der Waals surface area (Å²) < 4.78 is 3.45. The van der Waals surface area contributed by atoms with Crippen LogP contribution in [0.4, 0.5) is 5.69 Å². The maximum Gasteiger partial charge on any atom is 0.345 e. The second-order valence-corrected chi connectivity index (χ2v) is 7.91. The molecule has 0 atom stereocenters. The third-order valence-corrected chi connectivity index (χ3v) is 5.94. The molecule has 1 aliphatic carbocycles. The van der Waals surface area contributed by atoms with Gasteiger partial charge >= 0.3 is 5.69 Å². The van der Waals surface area contributed by atoms with Crippen molar-refractivity contribution in [1.29, 1.82) is 0 Å². The molecule has 1 saturated heterocycles. The molecule has 1 saturated carbocycles. The van der Waals surface area contributed by atoms with Crippen molar-refractivity contribution in [1.82, 2.24) is 24.2 Å². The molecule has 2 fully saturated rings. The number of aromatic nitrogens is 4. The van der Waals surface area contributed by atoms with Crippen molar-refractivity contribution in [2.45, 2.75) is 50.5 Å². The van der Waals surface area contributed by atoms with Crippen molar-refractivity contribution in [2.24, 2.45) is 7.05 Å². The number of pyridine rings is 1. The zero-order valence-corrected chi connectivity index (χ0v) is 16.4. The molecule has 4 rings (SSSR count). The second-order valence-electron chi connectivity index (χ2n) is 7.91. The zero-order valence-electron chi connectivity index (χ0n) is 16.4. The monoisotopic (exact) mass is 384 g/mol. The van der Waals surface area contributed by atoms with Gasteiger partial charge in [0.25, 0.3) is 0 Å². The number of hydrogen-bond donors (Lipinski definition) is 1. The number of nitrogens with one attached hydrogen (secondary N) is 1. The van der Waals surface area contributed by atoms with E-state index >= 15 is 0 Å². The number of carbonyl (C=O) groups is 1. The molecular weight excluding hydrogens is 356 g/mol. The lowest BCUT2D eigenvalue weighted by atomic mass is 9.95. The standard InChI is InChI=1S/C20H28N6O2/c1-24-20(28)26(17-6-2-3-7-17)19(23-24)15-8-11-25(12-9-15)14-18(27)22-16-5-4-10-21-13-16/h4-5,10,13,15,17H,2-3,6-9,11-12,14H2,1H3,(H,22,27). The van der Waals surface area contributed by atoms with Gasteiger partial charge in [0.2, 0.25) is 5.91 Å². The largest absolute Gasteiger partial charge is 0.345 e. The lowest BCUT2D eigenvalue weighted by Crippen LogP contribution is -2.39. The predicted octanol–water partition coefficient (Wildman–Crippen LogP) is 1.91. The fraction of sp³-hybridized carbons (Fsp3) is 0.600. The Labute approximate surface area is 164 Å². The molecule has 0 bridgehead atoms. The highest BCUT2D eigenvalue weighted by Gasteiger charge is 2.30. The van der Waals surface area contributed by atoms with E-state index in [1.54, 1.807) is 25.5 Å². The Morgan fingerprint density at radius 2 is 1.96 bits per heavy atom. The normalized spacial score (nSPS) is 19.2. The molecule has 150 valence electrons. The number of rotatable bonds is 5. The molecule has 0 aromatic carbocycles. The average Bonchev–Trinajstić information content (AvgIpc) is 3.32. The quantitative estimate of drug-likeness (QED) is 0.851. The number of anilines is 1. The molecule has 28 heavy (non-hydrogen) atoms. The SMILES string of the molecule is Cn1nc(C2CCN(CC(=O)Nc3cccnc3)CC2)n(C2CCCC2)c1=O. The number of carbonyl (C=O) groups excluding carboxylic acids is 1. The van der Waals surface area contributed by atoms with E-state index in [0.717, 1.165) is 50.3 Å². The Kier molecular flexibility index (Phi) is 5.57. The summed E-state index contributed by atoms with van der Waals surface area (Å²) in [7, 11) is 1.75. The first kappa shape index (κ1) is 18.9. The van der Waals surface area contributed by atoms with Gasteiger partial charge in [0, 0.05) is 25.2 Å². The summed E-state index contributed by atoms with van der Waals surface area (Å²) in [5, 5.41) is 7.47. The highest BCUT2D eigenvalue weighted by Crippen LogP contribution is 2.33. The third kappa shape index (κ3) is 4.01. The molecule has 0 unspecified atom stereocenters. The smallest absolute Gasteiger partial charge is 0.324 e. The number of nitrogens with zero attached hydrogens (tertiary/aromatic N) is 5. The van der Waals surface area contributed by atoms with E-state index in [9.17, 15) is 9.59 Å². The van der Waals surface area contributed by atoms with E-state index in [-0.39, 0.29) is 17.5 Å². The first-order chi connectivity index (χ1) is 13.6. The van der Waals surface area contributed by atoms with E-state index in [1.807, 2.05) is 10.6 Å². The summed E-state index contributed by atoms with van der Waals surface area (Å²) in [4.78, 5) is 31.0. The van der Waals surface area contributed by atoms with Crippen LogP contribution < -0.4 is 11.0 Å². The Morgan fingerprint density at radius 3 is 2.64 bits per heavy atom. The lowest BCUT2D eigenvalue weighted by molar-refractivity contribution is -0.117. The Bertz CT molecular complexity index is 861. The summed E-state index contributed by atoms with van der Waals surface area (Å²) in [6.45, 7) is 2.04. The minimum Gasteiger partial charge on any atom is -0.324 e. The van der Waals surface area contributed by atoms with Crippen molar-refractivity contribution in [3.05, 3.63) is 40.8 Å². The number of aryl methyl sites for hydroxylation is 1. The molecule has 2 aromatic rings. The highest BCUT2D eigenvalue weighted by molar-refractivity contribution is 5.92. The van der Waals surface area contributed by atoms with Crippen molar-refractivity contribution < 1.29 is 4.79 Å². The molecule has 0 radical (unpaired) electrons. The third-order valence-electron chi connectivity index (χ3n) is 5.94. The first-order valence-corrected chi connectivity index (χ1v) is 10.2. The van der Waals surface area contributed by atoms with Crippen LogP contribution in [0, 0.1) is 0 Å². The van der Waals surface area contributed by atoms with E-state index in [4.69, 9.17) is 0 Å². The summed E-state index contributed by atoms with van der Waals surface area (Å²) in [5.74, 6) is 1.21. The molecule has 8 heteroatoms. The molecule has 1 aliphatic heterocycles. The zero-order chi connectivity index (χ0) is 19.5. The second kappa shape index (κ2) is 8.26. The lowest BCUT2D eigenvalue weighted by Gasteiger charge is -2.31. The van der Waals surface area contributed by atoms with E-state index in [2.05, 4.69) is 20.3 Å². The van der Waals surface area contributed by atoms with Crippen LogP contribution in [0.15, 0.2) is 29.3 Å². The van der Waals surface area contributed by atoms with Gasteiger partial charge in [-0.25, -0.2) is 9.48 Å². The molecule has 0 spiro atoms. The van der Waals surface area contributed by atoms with Gasteiger partial charge in [-0.05, 0) is 50.9 Å². The van der Waals surface area contributed by atoms with Gasteiger partial charge in [-0.1, -0.05) is 12.8 Å². The van der Waals surface area contributed by atoms with Gasteiger partial charge in [0.05, 0.1) is 18.4 Å². The van der Waals surface area contributed by atoms with Crippen LogP contribution in [0.2, 0.25) is 0 Å². The summed E-state index contributed by atoms with van der Waals surface area (Å²) in [5.41, 5.74) is 0.733. The molecule has 2 aliphatic rings. The van der Waals surface area contributed by atoms with Crippen LogP contribution in [-0.2, 0) is 11.8 Å². The number of amides is 1. The first-order valence-electron chi connectivity index (χ1n) is 10.2. The Balaban J connectivity index is 1.36. The van der Waals surface area contributed by atoms with Gasteiger partial charge in [-0.2, -0.15) is 5.10 Å².